The van der Waals surface area contributed by atoms with Crippen LogP contribution < -0.4 is 20.1 Å². The van der Waals surface area contributed by atoms with Gasteiger partial charge in [-0.25, -0.2) is 13.2 Å². The van der Waals surface area contributed by atoms with Gasteiger partial charge in [0.05, 0.1) is 42.4 Å². The van der Waals surface area contributed by atoms with E-state index in [1.807, 2.05) is 27.7 Å². The lowest BCUT2D eigenvalue weighted by molar-refractivity contribution is -0.00834. The van der Waals surface area contributed by atoms with Crippen molar-refractivity contribution in [3.05, 3.63) is 48.0 Å². The van der Waals surface area contributed by atoms with E-state index in [1.54, 1.807) is 42.2 Å². The molecule has 0 saturated heterocycles. The van der Waals surface area contributed by atoms with Crippen molar-refractivity contribution in [1.29, 1.82) is 0 Å². The predicted molar refractivity (Wildman–Crippen MR) is 177 cm³/mol. The molecule has 3 rings (SSSR count). The van der Waals surface area contributed by atoms with Crippen LogP contribution in [0.3, 0.4) is 0 Å². The molecule has 0 fully saturated rings. The number of nitrogens with zero attached hydrogens (tertiary/aromatic N) is 2. The molecule has 3 amide bonds. The SMILES string of the molecule is COc1ccc(S(=O)(=O)N(C)C[C@H]2OCCCC[C@H](C)Oc3ccc(NC(=O)NC(C)C)cc3C(=O)N([C@@H](C)CO)C[C@H]2C)cc1. The Morgan fingerprint density at radius 3 is 2.46 bits per heavy atom. The van der Waals surface area contributed by atoms with Crippen molar-refractivity contribution in [2.75, 3.05) is 45.8 Å². The first-order chi connectivity index (χ1) is 21.8. The molecule has 4 atom stereocenters. The fraction of sp³-hybridized carbons (Fsp3) is 0.576. The highest BCUT2D eigenvalue weighted by Crippen LogP contribution is 2.29. The number of sulfonamides is 1. The van der Waals surface area contributed by atoms with Crippen LogP contribution in [0.25, 0.3) is 0 Å². The molecular weight excluding hydrogens is 612 g/mol. The predicted octanol–water partition coefficient (Wildman–Crippen LogP) is 4.34. The van der Waals surface area contributed by atoms with Crippen LogP contribution in [-0.2, 0) is 14.8 Å². The fourth-order valence-electron chi connectivity index (χ4n) is 5.17. The standard InChI is InChI=1S/C33H50N4O8S/c1-22(2)34-33(40)35-26-11-16-30-29(18-26)32(39)37(24(4)21-38)19-23(3)31(44-17-9-8-10-25(5)45-30)20-36(6)46(41,42)28-14-12-27(43-7)13-15-28/h11-16,18,22-25,31,38H,8-10,17,19-21H2,1-7H3,(H2,34,35,40)/t23-,24+,25+,31-/m1/s1. The first-order valence-corrected chi connectivity index (χ1v) is 17.2. The lowest BCUT2D eigenvalue weighted by Crippen LogP contribution is -2.48. The van der Waals surface area contributed by atoms with Crippen molar-refractivity contribution in [2.45, 2.75) is 83.1 Å². The van der Waals surface area contributed by atoms with Crippen LogP contribution in [0.1, 0.15) is 64.2 Å². The number of ether oxygens (including phenoxy) is 3. The Morgan fingerprint density at radius 1 is 1.13 bits per heavy atom. The molecule has 0 unspecified atom stereocenters. The van der Waals surface area contributed by atoms with Crippen LogP contribution in [0.4, 0.5) is 10.5 Å². The van der Waals surface area contributed by atoms with Gasteiger partial charge < -0.3 is 34.9 Å². The maximum absolute atomic E-state index is 14.2. The van der Waals surface area contributed by atoms with E-state index >= 15 is 0 Å². The highest BCUT2D eigenvalue weighted by molar-refractivity contribution is 7.89. The molecular formula is C33H50N4O8S. The summed E-state index contributed by atoms with van der Waals surface area (Å²) in [6.07, 6.45) is 1.48. The van der Waals surface area contributed by atoms with Gasteiger partial charge in [-0.15, -0.1) is 0 Å². The maximum atomic E-state index is 14.2. The number of aliphatic hydroxyl groups is 1. The van der Waals surface area contributed by atoms with Crippen molar-refractivity contribution in [1.82, 2.24) is 14.5 Å². The van der Waals surface area contributed by atoms with Crippen LogP contribution in [0.2, 0.25) is 0 Å². The zero-order valence-corrected chi connectivity index (χ0v) is 28.8. The van der Waals surface area contributed by atoms with Crippen molar-refractivity contribution >= 4 is 27.6 Å². The number of urea groups is 1. The molecule has 0 radical (unpaired) electrons. The van der Waals surface area contributed by atoms with Gasteiger partial charge in [-0.1, -0.05) is 6.92 Å². The average molecular weight is 663 g/mol. The van der Waals surface area contributed by atoms with Gasteiger partial charge in [0.2, 0.25) is 10.0 Å². The Bertz CT molecular complexity index is 1400. The molecule has 0 aromatic heterocycles. The number of hydrogen-bond donors (Lipinski definition) is 3. The minimum atomic E-state index is -3.84. The molecule has 46 heavy (non-hydrogen) atoms. The molecule has 0 saturated carbocycles. The van der Waals surface area contributed by atoms with Gasteiger partial charge >= 0.3 is 6.03 Å². The molecule has 0 bridgehead atoms. The topological polar surface area (TPSA) is 147 Å². The van der Waals surface area contributed by atoms with E-state index < -0.39 is 34.1 Å². The summed E-state index contributed by atoms with van der Waals surface area (Å²) >= 11 is 0. The number of hydrogen-bond acceptors (Lipinski definition) is 8. The third-order valence-electron chi connectivity index (χ3n) is 7.93. The van der Waals surface area contributed by atoms with Crippen molar-refractivity contribution in [2.24, 2.45) is 5.92 Å². The van der Waals surface area contributed by atoms with Crippen molar-refractivity contribution in [3.8, 4) is 11.5 Å². The summed E-state index contributed by atoms with van der Waals surface area (Å²) < 4.78 is 45.9. The molecule has 0 aliphatic carbocycles. The molecule has 12 nitrogen and oxygen atoms in total. The van der Waals surface area contributed by atoms with E-state index in [1.165, 1.54) is 30.6 Å². The Labute approximate surface area is 273 Å². The molecule has 13 heteroatoms. The van der Waals surface area contributed by atoms with E-state index in [2.05, 4.69) is 10.6 Å². The van der Waals surface area contributed by atoms with E-state index in [9.17, 15) is 23.1 Å². The number of rotatable bonds is 9. The largest absolute Gasteiger partial charge is 0.497 e. The maximum Gasteiger partial charge on any atom is 0.319 e. The highest BCUT2D eigenvalue weighted by Gasteiger charge is 2.32. The summed E-state index contributed by atoms with van der Waals surface area (Å²) in [5, 5.41) is 15.7. The number of nitrogens with one attached hydrogen (secondary N) is 2. The first kappa shape index (κ1) is 37.1. The zero-order valence-electron chi connectivity index (χ0n) is 28.0. The Hall–Kier alpha value is -3.39. The lowest BCUT2D eigenvalue weighted by atomic mass is 10.0. The minimum absolute atomic E-state index is 0.0558. The van der Waals surface area contributed by atoms with Crippen molar-refractivity contribution in [3.63, 3.8) is 0 Å². The second kappa shape index (κ2) is 17.0. The molecule has 0 spiro atoms. The normalized spacial score (nSPS) is 20.8. The fourth-order valence-corrected chi connectivity index (χ4v) is 6.35. The summed E-state index contributed by atoms with van der Waals surface area (Å²) in [5.74, 6) is 0.218. The molecule has 2 aromatic carbocycles. The lowest BCUT2D eigenvalue weighted by Gasteiger charge is -2.35. The molecule has 1 aliphatic heterocycles. The number of carbonyl (C=O) groups excluding carboxylic acids is 2. The third kappa shape index (κ3) is 10.1. The van der Waals surface area contributed by atoms with E-state index in [4.69, 9.17) is 14.2 Å². The van der Waals surface area contributed by atoms with E-state index in [0.717, 1.165) is 12.8 Å². The molecule has 1 aliphatic rings. The Kier molecular flexibility index (Phi) is 13.7. The molecule has 2 aromatic rings. The summed E-state index contributed by atoms with van der Waals surface area (Å²) in [6.45, 7) is 9.61. The van der Waals surface area contributed by atoms with Crippen LogP contribution in [-0.4, -0.2) is 99.4 Å². The molecule has 256 valence electrons. The highest BCUT2D eigenvalue weighted by atomic mass is 32.2. The summed E-state index contributed by atoms with van der Waals surface area (Å²) in [5.41, 5.74) is 0.661. The number of methoxy groups -OCH3 is 1. The number of benzene rings is 2. The Morgan fingerprint density at radius 2 is 1.83 bits per heavy atom. The van der Waals surface area contributed by atoms with Gasteiger partial charge in [-0.3, -0.25) is 4.79 Å². The number of anilines is 1. The first-order valence-electron chi connectivity index (χ1n) is 15.8. The van der Waals surface area contributed by atoms with Crippen molar-refractivity contribution < 1.29 is 37.3 Å². The summed E-state index contributed by atoms with van der Waals surface area (Å²) in [6, 6.07) is 10.1. The van der Waals surface area contributed by atoms with E-state index in [0.29, 0.717) is 30.2 Å². The van der Waals surface area contributed by atoms with Gasteiger partial charge in [0.15, 0.2) is 0 Å². The summed E-state index contributed by atoms with van der Waals surface area (Å²) in [4.78, 5) is 28.4. The van der Waals surface area contributed by atoms with Gasteiger partial charge in [-0.2, -0.15) is 4.31 Å². The van der Waals surface area contributed by atoms with E-state index in [-0.39, 0.29) is 48.2 Å². The number of fused-ring (bicyclic) bond motifs is 1. The number of carbonyl (C=O) groups is 2. The van der Waals surface area contributed by atoms with Crippen LogP contribution in [0.5, 0.6) is 11.5 Å². The minimum Gasteiger partial charge on any atom is -0.497 e. The number of amides is 3. The van der Waals surface area contributed by atoms with Crippen LogP contribution >= 0.6 is 0 Å². The van der Waals surface area contributed by atoms with Gasteiger partial charge in [-0.05, 0) is 89.4 Å². The third-order valence-corrected chi connectivity index (χ3v) is 9.77. The smallest absolute Gasteiger partial charge is 0.319 e. The quantitative estimate of drug-likeness (QED) is 0.360. The number of likely N-dealkylation sites (N-methyl/N-ethyl adjacent to an activating group) is 1. The zero-order chi connectivity index (χ0) is 34.0. The Balaban J connectivity index is 1.95. The molecule has 3 N–H and O–H groups in total. The second-order valence-electron chi connectivity index (χ2n) is 12.2. The molecule has 1 heterocycles. The monoisotopic (exact) mass is 662 g/mol. The van der Waals surface area contributed by atoms with Gasteiger partial charge in [0.1, 0.15) is 11.5 Å². The van der Waals surface area contributed by atoms with Gasteiger partial charge in [0, 0.05) is 44.4 Å². The summed E-state index contributed by atoms with van der Waals surface area (Å²) in [7, 11) is -0.813. The second-order valence-corrected chi connectivity index (χ2v) is 14.3. The van der Waals surface area contributed by atoms with Crippen LogP contribution in [0.15, 0.2) is 47.4 Å². The average Bonchev–Trinajstić information content (AvgIpc) is 3.01. The van der Waals surface area contributed by atoms with Gasteiger partial charge in [0.25, 0.3) is 5.91 Å². The van der Waals surface area contributed by atoms with Crippen LogP contribution in [0, 0.1) is 5.92 Å². The number of aliphatic hydroxyl groups excluding tert-OH is 1.